The lowest BCUT2D eigenvalue weighted by Gasteiger charge is -2.11. The van der Waals surface area contributed by atoms with E-state index in [-0.39, 0.29) is 0 Å². The standard InChI is InChI=1S/C13H14N2O3/c1-17-11-5-10(6-14-8-11)13(16)9-3-4-12(18-2)15-7-9/h3-8,13,16H,1-2H3. The number of aromatic nitrogens is 2. The van der Waals surface area contributed by atoms with Gasteiger partial charge in [-0.2, -0.15) is 0 Å². The molecule has 1 atom stereocenters. The zero-order valence-electron chi connectivity index (χ0n) is 10.2. The summed E-state index contributed by atoms with van der Waals surface area (Å²) in [5.74, 6) is 1.11. The second-order valence-corrected chi connectivity index (χ2v) is 3.69. The summed E-state index contributed by atoms with van der Waals surface area (Å²) >= 11 is 0. The van der Waals surface area contributed by atoms with Gasteiger partial charge >= 0.3 is 0 Å². The van der Waals surface area contributed by atoms with Crippen molar-refractivity contribution >= 4 is 0 Å². The summed E-state index contributed by atoms with van der Waals surface area (Å²) in [6.45, 7) is 0. The molecule has 0 aromatic carbocycles. The Kier molecular flexibility index (Phi) is 3.74. The van der Waals surface area contributed by atoms with Crippen LogP contribution in [-0.4, -0.2) is 29.3 Å². The molecule has 1 unspecified atom stereocenters. The van der Waals surface area contributed by atoms with E-state index in [0.717, 1.165) is 0 Å². The topological polar surface area (TPSA) is 64.5 Å². The molecule has 2 aromatic heterocycles. The Morgan fingerprint density at radius 3 is 2.50 bits per heavy atom. The summed E-state index contributed by atoms with van der Waals surface area (Å²) in [5, 5.41) is 10.2. The Balaban J connectivity index is 2.25. The summed E-state index contributed by atoms with van der Waals surface area (Å²) in [5.41, 5.74) is 1.33. The molecule has 0 saturated heterocycles. The van der Waals surface area contributed by atoms with Crippen LogP contribution in [0.1, 0.15) is 17.2 Å². The molecule has 2 heterocycles. The fourth-order valence-electron chi connectivity index (χ4n) is 1.56. The summed E-state index contributed by atoms with van der Waals surface area (Å²) in [4.78, 5) is 8.06. The van der Waals surface area contributed by atoms with Gasteiger partial charge in [0.05, 0.1) is 20.4 Å². The van der Waals surface area contributed by atoms with Crippen LogP contribution in [0.5, 0.6) is 11.6 Å². The largest absolute Gasteiger partial charge is 0.495 e. The number of hydrogen-bond acceptors (Lipinski definition) is 5. The van der Waals surface area contributed by atoms with Crippen molar-refractivity contribution in [2.75, 3.05) is 14.2 Å². The van der Waals surface area contributed by atoms with E-state index in [1.165, 1.54) is 0 Å². The van der Waals surface area contributed by atoms with E-state index >= 15 is 0 Å². The highest BCUT2D eigenvalue weighted by molar-refractivity contribution is 5.32. The van der Waals surface area contributed by atoms with Gasteiger partial charge in [0.15, 0.2) is 0 Å². The van der Waals surface area contributed by atoms with Gasteiger partial charge in [0, 0.05) is 29.6 Å². The van der Waals surface area contributed by atoms with Crippen LogP contribution in [0, 0.1) is 0 Å². The molecule has 0 fully saturated rings. The number of ether oxygens (including phenoxy) is 2. The average Bonchev–Trinajstić information content (AvgIpc) is 2.46. The van der Waals surface area contributed by atoms with Crippen LogP contribution in [0.4, 0.5) is 0 Å². The quantitative estimate of drug-likeness (QED) is 0.887. The van der Waals surface area contributed by atoms with E-state index in [4.69, 9.17) is 9.47 Å². The van der Waals surface area contributed by atoms with Crippen molar-refractivity contribution in [3.63, 3.8) is 0 Å². The number of hydrogen-bond donors (Lipinski definition) is 1. The maximum atomic E-state index is 10.2. The van der Waals surface area contributed by atoms with Crippen molar-refractivity contribution in [1.82, 2.24) is 9.97 Å². The van der Waals surface area contributed by atoms with E-state index in [2.05, 4.69) is 9.97 Å². The molecule has 0 bridgehead atoms. The molecule has 0 spiro atoms. The zero-order chi connectivity index (χ0) is 13.0. The Labute approximate surface area is 105 Å². The predicted octanol–water partition coefficient (Wildman–Crippen LogP) is 1.58. The van der Waals surface area contributed by atoms with Gasteiger partial charge in [-0.3, -0.25) is 4.98 Å². The molecule has 0 radical (unpaired) electrons. The van der Waals surface area contributed by atoms with Gasteiger partial charge in [-0.05, 0) is 12.1 Å². The molecule has 18 heavy (non-hydrogen) atoms. The monoisotopic (exact) mass is 246 g/mol. The van der Waals surface area contributed by atoms with Crippen LogP contribution in [0.2, 0.25) is 0 Å². The summed E-state index contributed by atoms with van der Waals surface area (Å²) < 4.78 is 10.0. The maximum Gasteiger partial charge on any atom is 0.212 e. The molecule has 1 N–H and O–H groups in total. The summed E-state index contributed by atoms with van der Waals surface area (Å²) in [6, 6.07) is 5.20. The Hall–Kier alpha value is -2.14. The number of pyridine rings is 2. The molecule has 2 aromatic rings. The second kappa shape index (κ2) is 5.46. The van der Waals surface area contributed by atoms with E-state index in [1.54, 1.807) is 51.0 Å². The number of aliphatic hydroxyl groups excluding tert-OH is 1. The summed E-state index contributed by atoms with van der Waals surface area (Å²) in [6.07, 6.45) is 3.97. The SMILES string of the molecule is COc1cncc(C(O)c2ccc(OC)nc2)c1. The van der Waals surface area contributed by atoms with Crippen LogP contribution >= 0.6 is 0 Å². The lowest BCUT2D eigenvalue weighted by Crippen LogP contribution is -2.01. The van der Waals surface area contributed by atoms with Crippen LogP contribution in [0.3, 0.4) is 0 Å². The highest BCUT2D eigenvalue weighted by atomic mass is 16.5. The van der Waals surface area contributed by atoms with Gasteiger partial charge in [-0.25, -0.2) is 4.98 Å². The first-order valence-electron chi connectivity index (χ1n) is 5.41. The first-order valence-corrected chi connectivity index (χ1v) is 5.41. The predicted molar refractivity (Wildman–Crippen MR) is 65.6 cm³/mol. The third-order valence-electron chi connectivity index (χ3n) is 2.57. The van der Waals surface area contributed by atoms with Crippen molar-refractivity contribution in [3.05, 3.63) is 47.9 Å². The molecule has 5 heteroatoms. The highest BCUT2D eigenvalue weighted by Crippen LogP contribution is 2.24. The second-order valence-electron chi connectivity index (χ2n) is 3.69. The zero-order valence-corrected chi connectivity index (χ0v) is 10.2. The van der Waals surface area contributed by atoms with Crippen LogP contribution in [-0.2, 0) is 0 Å². The highest BCUT2D eigenvalue weighted by Gasteiger charge is 2.12. The first kappa shape index (κ1) is 12.3. The van der Waals surface area contributed by atoms with Crippen LogP contribution in [0.25, 0.3) is 0 Å². The molecule has 0 aliphatic heterocycles. The lowest BCUT2D eigenvalue weighted by molar-refractivity contribution is 0.218. The first-order chi connectivity index (χ1) is 8.74. The lowest BCUT2D eigenvalue weighted by atomic mass is 10.1. The van der Waals surface area contributed by atoms with E-state index < -0.39 is 6.10 Å². The molecular weight excluding hydrogens is 232 g/mol. The van der Waals surface area contributed by atoms with Crippen molar-refractivity contribution in [3.8, 4) is 11.6 Å². The normalized spacial score (nSPS) is 11.9. The number of nitrogens with zero attached hydrogens (tertiary/aromatic N) is 2. The minimum absolute atomic E-state index is 0.509. The fraction of sp³-hybridized carbons (Fsp3) is 0.231. The Morgan fingerprint density at radius 2 is 1.89 bits per heavy atom. The molecular formula is C13H14N2O3. The smallest absolute Gasteiger partial charge is 0.212 e. The van der Waals surface area contributed by atoms with Gasteiger partial charge in [0.1, 0.15) is 11.9 Å². The average molecular weight is 246 g/mol. The van der Waals surface area contributed by atoms with Crippen molar-refractivity contribution in [2.24, 2.45) is 0 Å². The van der Waals surface area contributed by atoms with Crippen LogP contribution in [0.15, 0.2) is 36.8 Å². The Bertz CT molecular complexity index is 514. The van der Waals surface area contributed by atoms with E-state index in [1.807, 2.05) is 0 Å². The van der Waals surface area contributed by atoms with E-state index in [9.17, 15) is 5.11 Å². The molecule has 5 nitrogen and oxygen atoms in total. The molecule has 0 aliphatic carbocycles. The summed E-state index contributed by atoms with van der Waals surface area (Å²) in [7, 11) is 3.10. The Morgan fingerprint density at radius 1 is 1.06 bits per heavy atom. The van der Waals surface area contributed by atoms with Gasteiger partial charge in [-0.15, -0.1) is 0 Å². The van der Waals surface area contributed by atoms with Crippen molar-refractivity contribution < 1.29 is 14.6 Å². The third-order valence-corrected chi connectivity index (χ3v) is 2.57. The minimum Gasteiger partial charge on any atom is -0.495 e. The van der Waals surface area contributed by atoms with Crippen molar-refractivity contribution in [2.45, 2.75) is 6.10 Å². The maximum absolute atomic E-state index is 10.2. The number of rotatable bonds is 4. The van der Waals surface area contributed by atoms with Gasteiger partial charge in [0.25, 0.3) is 0 Å². The third kappa shape index (κ3) is 2.57. The van der Waals surface area contributed by atoms with Gasteiger partial charge in [-0.1, -0.05) is 0 Å². The van der Waals surface area contributed by atoms with Crippen LogP contribution < -0.4 is 9.47 Å². The number of methoxy groups -OCH3 is 2. The molecule has 0 saturated carbocycles. The molecule has 94 valence electrons. The van der Waals surface area contributed by atoms with E-state index in [0.29, 0.717) is 22.8 Å². The molecule has 0 amide bonds. The molecule has 2 rings (SSSR count). The van der Waals surface area contributed by atoms with Crippen molar-refractivity contribution in [1.29, 1.82) is 0 Å². The molecule has 0 aliphatic rings. The fourth-order valence-corrected chi connectivity index (χ4v) is 1.56. The minimum atomic E-state index is -0.786. The number of aliphatic hydroxyl groups is 1. The van der Waals surface area contributed by atoms with Gasteiger partial charge in [0.2, 0.25) is 5.88 Å². The van der Waals surface area contributed by atoms with Gasteiger partial charge < -0.3 is 14.6 Å².